The van der Waals surface area contributed by atoms with E-state index in [-0.39, 0.29) is 11.5 Å². The van der Waals surface area contributed by atoms with Crippen LogP contribution in [0.1, 0.15) is 12.6 Å². The van der Waals surface area contributed by atoms with E-state index in [4.69, 9.17) is 0 Å². The first-order valence-corrected chi connectivity index (χ1v) is 5.93. The van der Waals surface area contributed by atoms with Gasteiger partial charge >= 0.3 is 0 Å². The number of aryl methyl sites for hydroxylation is 2. The van der Waals surface area contributed by atoms with Gasteiger partial charge in [-0.25, -0.2) is 8.42 Å². The van der Waals surface area contributed by atoms with E-state index in [1.165, 1.54) is 0 Å². The summed E-state index contributed by atoms with van der Waals surface area (Å²) in [6.45, 7) is 3.84. The summed E-state index contributed by atoms with van der Waals surface area (Å²) in [6, 6.07) is 0. The zero-order chi connectivity index (χ0) is 9.90. The van der Waals surface area contributed by atoms with Crippen molar-refractivity contribution in [1.82, 2.24) is 15.0 Å². The van der Waals surface area contributed by atoms with Crippen LogP contribution in [-0.2, 0) is 16.4 Å². The SMILES string of the molecule is CCS(=O)(=O)CCn1cc(C)nn1. The summed E-state index contributed by atoms with van der Waals surface area (Å²) >= 11 is 0. The van der Waals surface area contributed by atoms with Crippen LogP contribution < -0.4 is 0 Å². The minimum atomic E-state index is -2.90. The minimum Gasteiger partial charge on any atom is -0.251 e. The van der Waals surface area contributed by atoms with Gasteiger partial charge in [-0.15, -0.1) is 5.10 Å². The predicted molar refractivity (Wildman–Crippen MR) is 49.1 cm³/mol. The van der Waals surface area contributed by atoms with Gasteiger partial charge in [-0.2, -0.15) is 0 Å². The van der Waals surface area contributed by atoms with Gasteiger partial charge in [0.15, 0.2) is 9.84 Å². The molecule has 1 heterocycles. The number of aromatic nitrogens is 3. The fraction of sp³-hybridized carbons (Fsp3) is 0.714. The molecule has 0 aliphatic carbocycles. The van der Waals surface area contributed by atoms with Crippen molar-refractivity contribution < 1.29 is 8.42 Å². The maximum atomic E-state index is 11.1. The molecule has 0 atom stereocenters. The molecule has 74 valence electrons. The van der Waals surface area contributed by atoms with Crippen molar-refractivity contribution in [1.29, 1.82) is 0 Å². The first kappa shape index (κ1) is 10.2. The van der Waals surface area contributed by atoms with Gasteiger partial charge in [-0.05, 0) is 6.92 Å². The topological polar surface area (TPSA) is 64.8 Å². The van der Waals surface area contributed by atoms with E-state index >= 15 is 0 Å². The highest BCUT2D eigenvalue weighted by molar-refractivity contribution is 7.91. The standard InChI is InChI=1S/C7H13N3O2S/c1-3-13(11,12)5-4-10-6-7(2)8-9-10/h6H,3-5H2,1-2H3. The van der Waals surface area contributed by atoms with Crippen LogP contribution in [-0.4, -0.2) is 34.9 Å². The largest absolute Gasteiger partial charge is 0.251 e. The normalized spacial score (nSPS) is 11.8. The average molecular weight is 203 g/mol. The Bertz CT molecular complexity index is 369. The molecule has 0 aromatic carbocycles. The van der Waals surface area contributed by atoms with Crippen LogP contribution in [0.2, 0.25) is 0 Å². The molecular formula is C7H13N3O2S. The molecule has 0 saturated carbocycles. The third kappa shape index (κ3) is 3.14. The quantitative estimate of drug-likeness (QED) is 0.692. The highest BCUT2D eigenvalue weighted by atomic mass is 32.2. The summed E-state index contributed by atoms with van der Waals surface area (Å²) in [4.78, 5) is 0. The van der Waals surface area contributed by atoms with Crippen molar-refractivity contribution in [2.75, 3.05) is 11.5 Å². The summed E-state index contributed by atoms with van der Waals surface area (Å²) in [7, 11) is -2.90. The van der Waals surface area contributed by atoms with Gasteiger partial charge < -0.3 is 0 Å². The number of sulfone groups is 1. The molecule has 1 aromatic heterocycles. The molecule has 6 heteroatoms. The molecule has 0 unspecified atom stereocenters. The fourth-order valence-corrected chi connectivity index (χ4v) is 1.64. The van der Waals surface area contributed by atoms with Crippen molar-refractivity contribution in [2.45, 2.75) is 20.4 Å². The van der Waals surface area contributed by atoms with Gasteiger partial charge in [-0.1, -0.05) is 12.1 Å². The van der Waals surface area contributed by atoms with Gasteiger partial charge in [0.05, 0.1) is 18.0 Å². The van der Waals surface area contributed by atoms with Crippen molar-refractivity contribution in [3.63, 3.8) is 0 Å². The molecule has 0 bridgehead atoms. The smallest absolute Gasteiger partial charge is 0.151 e. The first-order chi connectivity index (χ1) is 6.03. The molecule has 13 heavy (non-hydrogen) atoms. The fourth-order valence-electron chi connectivity index (χ4n) is 0.882. The predicted octanol–water partition coefficient (Wildman–Crippen LogP) is 0.0212. The van der Waals surface area contributed by atoms with E-state index in [1.807, 2.05) is 6.92 Å². The molecule has 0 aliphatic rings. The second kappa shape index (κ2) is 3.87. The molecule has 1 rings (SSSR count). The summed E-state index contributed by atoms with van der Waals surface area (Å²) in [5.41, 5.74) is 0.800. The number of hydrogen-bond acceptors (Lipinski definition) is 4. The lowest BCUT2D eigenvalue weighted by molar-refractivity contribution is 0.576. The Morgan fingerprint density at radius 1 is 1.54 bits per heavy atom. The molecule has 0 fully saturated rings. The molecule has 5 nitrogen and oxygen atoms in total. The molecule has 0 N–H and O–H groups in total. The minimum absolute atomic E-state index is 0.131. The van der Waals surface area contributed by atoms with Crippen molar-refractivity contribution in [2.24, 2.45) is 0 Å². The van der Waals surface area contributed by atoms with Crippen LogP contribution in [0.15, 0.2) is 6.20 Å². The molecule has 1 aromatic rings. The summed E-state index contributed by atoms with van der Waals surface area (Å²) in [5.74, 6) is 0.312. The van der Waals surface area contributed by atoms with Crippen molar-refractivity contribution >= 4 is 9.84 Å². The molecule has 0 saturated heterocycles. The van der Waals surface area contributed by atoms with E-state index < -0.39 is 9.84 Å². The summed E-state index contributed by atoms with van der Waals surface area (Å²) < 4.78 is 23.8. The second-order valence-electron chi connectivity index (χ2n) is 2.86. The monoisotopic (exact) mass is 203 g/mol. The third-order valence-electron chi connectivity index (χ3n) is 1.72. The Labute approximate surface area is 77.7 Å². The molecule has 0 aliphatic heterocycles. The van der Waals surface area contributed by atoms with Crippen LogP contribution in [0.5, 0.6) is 0 Å². The number of nitrogens with zero attached hydrogens (tertiary/aromatic N) is 3. The highest BCUT2D eigenvalue weighted by Crippen LogP contribution is 1.94. The summed E-state index contributed by atoms with van der Waals surface area (Å²) in [5, 5.41) is 7.52. The molecule has 0 spiro atoms. The molecule has 0 amide bonds. The van der Waals surface area contributed by atoms with Gasteiger partial charge in [0, 0.05) is 11.9 Å². The van der Waals surface area contributed by atoms with Crippen LogP contribution in [0.25, 0.3) is 0 Å². The second-order valence-corrected chi connectivity index (χ2v) is 5.33. The Morgan fingerprint density at radius 3 is 2.69 bits per heavy atom. The van der Waals surface area contributed by atoms with E-state index in [0.29, 0.717) is 6.54 Å². The Hall–Kier alpha value is -0.910. The van der Waals surface area contributed by atoms with Crippen LogP contribution in [0.3, 0.4) is 0 Å². The lowest BCUT2D eigenvalue weighted by atomic mass is 10.6. The van der Waals surface area contributed by atoms with E-state index in [2.05, 4.69) is 10.3 Å². The number of rotatable bonds is 4. The van der Waals surface area contributed by atoms with E-state index in [9.17, 15) is 8.42 Å². The van der Waals surface area contributed by atoms with Crippen LogP contribution in [0, 0.1) is 6.92 Å². The lowest BCUT2D eigenvalue weighted by Crippen LogP contribution is -2.14. The van der Waals surface area contributed by atoms with Crippen molar-refractivity contribution in [3.05, 3.63) is 11.9 Å². The Balaban J connectivity index is 2.53. The van der Waals surface area contributed by atoms with Gasteiger partial charge in [0.2, 0.25) is 0 Å². The maximum absolute atomic E-state index is 11.1. The first-order valence-electron chi connectivity index (χ1n) is 4.10. The van der Waals surface area contributed by atoms with Gasteiger partial charge in [-0.3, -0.25) is 4.68 Å². The molecular weight excluding hydrogens is 190 g/mol. The Morgan fingerprint density at radius 2 is 2.23 bits per heavy atom. The zero-order valence-electron chi connectivity index (χ0n) is 7.77. The number of hydrogen-bond donors (Lipinski definition) is 0. The van der Waals surface area contributed by atoms with E-state index in [0.717, 1.165) is 5.69 Å². The highest BCUT2D eigenvalue weighted by Gasteiger charge is 2.07. The van der Waals surface area contributed by atoms with Crippen LogP contribution in [0.4, 0.5) is 0 Å². The zero-order valence-corrected chi connectivity index (χ0v) is 8.58. The van der Waals surface area contributed by atoms with Gasteiger partial charge in [0.25, 0.3) is 0 Å². The third-order valence-corrected chi connectivity index (χ3v) is 3.41. The molecule has 0 radical (unpaired) electrons. The van der Waals surface area contributed by atoms with Gasteiger partial charge in [0.1, 0.15) is 0 Å². The summed E-state index contributed by atoms with van der Waals surface area (Å²) in [6.07, 6.45) is 1.73. The Kier molecular flexibility index (Phi) is 3.02. The maximum Gasteiger partial charge on any atom is 0.151 e. The van der Waals surface area contributed by atoms with Crippen LogP contribution >= 0.6 is 0 Å². The van der Waals surface area contributed by atoms with E-state index in [1.54, 1.807) is 17.8 Å². The lowest BCUT2D eigenvalue weighted by Gasteiger charge is -1.99. The average Bonchev–Trinajstić information content (AvgIpc) is 2.48. The van der Waals surface area contributed by atoms with Crippen molar-refractivity contribution in [3.8, 4) is 0 Å².